The van der Waals surface area contributed by atoms with Gasteiger partial charge in [0.2, 0.25) is 0 Å². The summed E-state index contributed by atoms with van der Waals surface area (Å²) in [6.45, 7) is 3.53. The average molecular weight is 260 g/mol. The molecular formula is C11H12N6O2. The van der Waals surface area contributed by atoms with Crippen LogP contribution in [0.2, 0.25) is 0 Å². The highest BCUT2D eigenvalue weighted by Gasteiger charge is 2.24. The first kappa shape index (κ1) is 11.6. The molecule has 1 N–H and O–H groups in total. The van der Waals surface area contributed by atoms with Crippen LogP contribution in [0.15, 0.2) is 16.9 Å². The molecule has 0 aliphatic carbocycles. The Labute approximate surface area is 108 Å². The molecule has 2 aromatic heterocycles. The van der Waals surface area contributed by atoms with E-state index in [1.807, 2.05) is 11.5 Å². The van der Waals surface area contributed by atoms with Gasteiger partial charge in [0.25, 0.3) is 11.5 Å². The summed E-state index contributed by atoms with van der Waals surface area (Å²) in [6, 6.07) is 2.71. The molecule has 8 nitrogen and oxygen atoms in total. The summed E-state index contributed by atoms with van der Waals surface area (Å²) in [5, 5.41) is 14.0. The van der Waals surface area contributed by atoms with E-state index < -0.39 is 0 Å². The van der Waals surface area contributed by atoms with Gasteiger partial charge in [-0.15, -0.1) is 10.2 Å². The quantitative estimate of drug-likeness (QED) is 0.733. The first-order chi connectivity index (χ1) is 9.15. The van der Waals surface area contributed by atoms with Gasteiger partial charge in [-0.05, 0) is 13.0 Å². The van der Waals surface area contributed by atoms with Crippen LogP contribution < -0.4 is 5.56 Å². The fraction of sp³-hybridized carbons (Fsp3) is 0.364. The molecule has 0 atom stereocenters. The number of hydrogen-bond donors (Lipinski definition) is 1. The van der Waals surface area contributed by atoms with Crippen molar-refractivity contribution in [2.24, 2.45) is 0 Å². The first-order valence-corrected chi connectivity index (χ1v) is 5.89. The van der Waals surface area contributed by atoms with Gasteiger partial charge in [0, 0.05) is 19.2 Å². The third-order valence-electron chi connectivity index (χ3n) is 3.12. The third-order valence-corrected chi connectivity index (χ3v) is 3.12. The second-order valence-electron chi connectivity index (χ2n) is 4.35. The van der Waals surface area contributed by atoms with Gasteiger partial charge in [0.05, 0.1) is 6.54 Å². The topological polar surface area (TPSA) is 96.8 Å². The maximum atomic E-state index is 12.2. The summed E-state index contributed by atoms with van der Waals surface area (Å²) in [7, 11) is 0. The summed E-state index contributed by atoms with van der Waals surface area (Å²) >= 11 is 0. The lowest BCUT2D eigenvalue weighted by Gasteiger charge is -2.27. The Bertz CT molecular complexity index is 668. The molecule has 0 saturated carbocycles. The van der Waals surface area contributed by atoms with Crippen LogP contribution in [0.4, 0.5) is 0 Å². The number of H-pyrrole nitrogens is 1. The predicted octanol–water partition coefficient (Wildman–Crippen LogP) is -0.674. The van der Waals surface area contributed by atoms with E-state index in [2.05, 4.69) is 20.4 Å². The predicted molar refractivity (Wildman–Crippen MR) is 64.4 cm³/mol. The van der Waals surface area contributed by atoms with Gasteiger partial charge >= 0.3 is 0 Å². The molecule has 1 aliphatic heterocycles. The Morgan fingerprint density at radius 3 is 2.89 bits per heavy atom. The minimum atomic E-state index is -0.328. The molecule has 1 aliphatic rings. The number of nitrogens with zero attached hydrogens (tertiary/aromatic N) is 5. The van der Waals surface area contributed by atoms with Crippen LogP contribution in [0, 0.1) is 6.92 Å². The van der Waals surface area contributed by atoms with Crippen LogP contribution in [-0.4, -0.2) is 42.3 Å². The second kappa shape index (κ2) is 4.30. The van der Waals surface area contributed by atoms with E-state index in [9.17, 15) is 9.59 Å². The molecule has 0 radical (unpaired) electrons. The monoisotopic (exact) mass is 260 g/mol. The van der Waals surface area contributed by atoms with Crippen LogP contribution in [0.5, 0.6) is 0 Å². The standard InChI is InChI=1S/C11H12N6O2/c1-7-12-14-9-6-16(4-5-17(7)9)11(19)8-2-3-10(18)15-13-8/h2-3H,4-6H2,1H3,(H,15,18). The van der Waals surface area contributed by atoms with Crippen molar-refractivity contribution in [3.63, 3.8) is 0 Å². The van der Waals surface area contributed by atoms with Gasteiger partial charge in [-0.3, -0.25) is 9.59 Å². The smallest absolute Gasteiger partial charge is 0.274 e. The molecule has 0 saturated heterocycles. The molecule has 0 spiro atoms. The molecule has 98 valence electrons. The van der Waals surface area contributed by atoms with Gasteiger partial charge in [-0.1, -0.05) is 0 Å². The summed E-state index contributed by atoms with van der Waals surface area (Å²) in [5.74, 6) is 1.40. The van der Waals surface area contributed by atoms with Crippen LogP contribution in [0.3, 0.4) is 0 Å². The minimum Gasteiger partial charge on any atom is -0.328 e. The van der Waals surface area contributed by atoms with Crippen LogP contribution in [0.1, 0.15) is 22.1 Å². The normalized spacial score (nSPS) is 14.3. The van der Waals surface area contributed by atoms with Crippen molar-refractivity contribution in [3.05, 3.63) is 39.8 Å². The molecule has 0 unspecified atom stereocenters. The lowest BCUT2D eigenvalue weighted by atomic mass is 10.3. The van der Waals surface area contributed by atoms with Crippen molar-refractivity contribution in [1.29, 1.82) is 0 Å². The molecule has 0 bridgehead atoms. The van der Waals surface area contributed by atoms with Crippen molar-refractivity contribution in [2.75, 3.05) is 6.54 Å². The molecule has 2 aromatic rings. The third kappa shape index (κ3) is 2.01. The molecular weight excluding hydrogens is 248 g/mol. The van der Waals surface area contributed by atoms with E-state index in [1.54, 1.807) is 4.90 Å². The Hall–Kier alpha value is -2.51. The first-order valence-electron chi connectivity index (χ1n) is 5.89. The lowest BCUT2D eigenvalue weighted by Crippen LogP contribution is -2.39. The maximum Gasteiger partial charge on any atom is 0.274 e. The van der Waals surface area contributed by atoms with Gasteiger partial charge in [-0.2, -0.15) is 5.10 Å². The number of aryl methyl sites for hydroxylation is 1. The zero-order valence-electron chi connectivity index (χ0n) is 10.3. The van der Waals surface area contributed by atoms with E-state index in [4.69, 9.17) is 0 Å². The summed E-state index contributed by atoms with van der Waals surface area (Å²) in [5.41, 5.74) is -0.102. The number of nitrogens with one attached hydrogen (secondary N) is 1. The minimum absolute atomic E-state index is 0.219. The zero-order valence-corrected chi connectivity index (χ0v) is 10.3. The Kier molecular flexibility index (Phi) is 2.62. The molecule has 19 heavy (non-hydrogen) atoms. The van der Waals surface area contributed by atoms with Crippen molar-refractivity contribution in [3.8, 4) is 0 Å². The van der Waals surface area contributed by atoms with E-state index in [0.29, 0.717) is 19.6 Å². The second-order valence-corrected chi connectivity index (χ2v) is 4.35. The van der Waals surface area contributed by atoms with Crippen molar-refractivity contribution < 1.29 is 4.79 Å². The number of amides is 1. The largest absolute Gasteiger partial charge is 0.328 e. The van der Waals surface area contributed by atoms with Crippen LogP contribution in [-0.2, 0) is 13.1 Å². The number of carbonyl (C=O) groups excluding carboxylic acids is 1. The van der Waals surface area contributed by atoms with Gasteiger partial charge in [0.15, 0.2) is 5.82 Å². The summed E-state index contributed by atoms with van der Waals surface area (Å²) in [4.78, 5) is 24.8. The fourth-order valence-corrected chi connectivity index (χ4v) is 2.10. The molecule has 8 heteroatoms. The number of aromatic nitrogens is 5. The highest BCUT2D eigenvalue weighted by molar-refractivity contribution is 5.92. The number of fused-ring (bicyclic) bond motifs is 1. The highest BCUT2D eigenvalue weighted by atomic mass is 16.2. The number of aromatic amines is 1. The number of carbonyl (C=O) groups is 1. The van der Waals surface area contributed by atoms with E-state index in [1.165, 1.54) is 12.1 Å². The molecule has 0 fully saturated rings. The average Bonchev–Trinajstić information content (AvgIpc) is 2.80. The van der Waals surface area contributed by atoms with Crippen LogP contribution in [0.25, 0.3) is 0 Å². The Morgan fingerprint density at radius 2 is 2.16 bits per heavy atom. The number of hydrogen-bond acceptors (Lipinski definition) is 5. The van der Waals surface area contributed by atoms with Gasteiger partial charge < -0.3 is 9.47 Å². The van der Waals surface area contributed by atoms with Gasteiger partial charge in [-0.25, -0.2) is 5.10 Å². The highest BCUT2D eigenvalue weighted by Crippen LogP contribution is 2.13. The van der Waals surface area contributed by atoms with E-state index in [-0.39, 0.29) is 17.2 Å². The van der Waals surface area contributed by atoms with E-state index in [0.717, 1.165) is 11.6 Å². The zero-order chi connectivity index (χ0) is 13.4. The SMILES string of the molecule is Cc1nnc2n1CCN(C(=O)c1ccc(=O)[nH]n1)C2. The number of rotatable bonds is 1. The molecule has 0 aromatic carbocycles. The van der Waals surface area contributed by atoms with Crippen molar-refractivity contribution in [2.45, 2.75) is 20.0 Å². The maximum absolute atomic E-state index is 12.2. The Morgan fingerprint density at radius 1 is 1.32 bits per heavy atom. The Balaban J connectivity index is 1.83. The molecule has 1 amide bonds. The summed E-state index contributed by atoms with van der Waals surface area (Å²) in [6.07, 6.45) is 0. The van der Waals surface area contributed by atoms with Crippen molar-refractivity contribution in [1.82, 2.24) is 29.9 Å². The van der Waals surface area contributed by atoms with Crippen LogP contribution >= 0.6 is 0 Å². The van der Waals surface area contributed by atoms with Gasteiger partial charge in [0.1, 0.15) is 11.5 Å². The molecule has 3 heterocycles. The summed E-state index contributed by atoms with van der Waals surface area (Å²) < 4.78 is 1.99. The fourth-order valence-electron chi connectivity index (χ4n) is 2.10. The van der Waals surface area contributed by atoms with E-state index >= 15 is 0 Å². The van der Waals surface area contributed by atoms with Crippen molar-refractivity contribution >= 4 is 5.91 Å². The lowest BCUT2D eigenvalue weighted by molar-refractivity contribution is 0.0699. The molecule has 3 rings (SSSR count).